The van der Waals surface area contributed by atoms with E-state index in [-0.39, 0.29) is 11.9 Å². The summed E-state index contributed by atoms with van der Waals surface area (Å²) in [6, 6.07) is 6.84. The van der Waals surface area contributed by atoms with Gasteiger partial charge < -0.3 is 10.2 Å². The van der Waals surface area contributed by atoms with Crippen LogP contribution in [0.4, 0.5) is 5.82 Å². The second-order valence-electron chi connectivity index (χ2n) is 6.41. The number of hydrogen-bond acceptors (Lipinski definition) is 5. The molecular formula is C16H23N5O. The standard InChI is InChI=1S/C16H23N5O/c22-16-14(4-6-18-16)21-11-13(12-21)19-7-9-20(10-8-19)15-3-1-2-5-17-15/h1-3,5,13-14H,4,6-12H2,(H,18,22). The molecule has 1 N–H and O–H groups in total. The molecule has 1 atom stereocenters. The van der Waals surface area contributed by atoms with Crippen molar-refractivity contribution in [2.45, 2.75) is 18.5 Å². The molecule has 3 fully saturated rings. The number of anilines is 1. The lowest BCUT2D eigenvalue weighted by Gasteiger charge is -2.49. The number of likely N-dealkylation sites (tertiary alicyclic amines) is 1. The summed E-state index contributed by atoms with van der Waals surface area (Å²) in [6.45, 7) is 7.18. The number of aromatic nitrogens is 1. The van der Waals surface area contributed by atoms with Gasteiger partial charge in [0.25, 0.3) is 0 Å². The molecule has 3 aliphatic heterocycles. The molecule has 4 rings (SSSR count). The molecule has 0 radical (unpaired) electrons. The average molecular weight is 301 g/mol. The van der Waals surface area contributed by atoms with Gasteiger partial charge in [-0.15, -0.1) is 0 Å². The van der Waals surface area contributed by atoms with E-state index in [0.29, 0.717) is 6.04 Å². The number of pyridine rings is 1. The zero-order valence-electron chi connectivity index (χ0n) is 12.8. The number of hydrogen-bond donors (Lipinski definition) is 1. The summed E-state index contributed by atoms with van der Waals surface area (Å²) in [5, 5.41) is 2.93. The van der Waals surface area contributed by atoms with Gasteiger partial charge >= 0.3 is 0 Å². The number of carbonyl (C=O) groups is 1. The van der Waals surface area contributed by atoms with Crippen molar-refractivity contribution < 1.29 is 4.79 Å². The molecule has 0 saturated carbocycles. The summed E-state index contributed by atoms with van der Waals surface area (Å²) in [7, 11) is 0. The summed E-state index contributed by atoms with van der Waals surface area (Å²) in [4.78, 5) is 23.4. The van der Waals surface area contributed by atoms with Crippen molar-refractivity contribution in [3.05, 3.63) is 24.4 Å². The summed E-state index contributed by atoms with van der Waals surface area (Å²) in [5.74, 6) is 1.30. The van der Waals surface area contributed by atoms with Crippen LogP contribution >= 0.6 is 0 Å². The molecule has 0 bridgehead atoms. The number of amides is 1. The first-order valence-corrected chi connectivity index (χ1v) is 8.23. The fourth-order valence-corrected chi connectivity index (χ4v) is 3.76. The minimum Gasteiger partial charge on any atom is -0.355 e. The molecule has 0 aromatic carbocycles. The first-order valence-electron chi connectivity index (χ1n) is 8.23. The zero-order chi connectivity index (χ0) is 14.9. The number of carbonyl (C=O) groups excluding carboxylic acids is 1. The predicted molar refractivity (Wildman–Crippen MR) is 84.8 cm³/mol. The highest BCUT2D eigenvalue weighted by molar-refractivity contribution is 5.83. The number of nitrogens with zero attached hydrogens (tertiary/aromatic N) is 4. The molecular weight excluding hydrogens is 278 g/mol. The van der Waals surface area contributed by atoms with Crippen LogP contribution in [-0.2, 0) is 4.79 Å². The van der Waals surface area contributed by atoms with Crippen LogP contribution in [0.3, 0.4) is 0 Å². The summed E-state index contributed by atoms with van der Waals surface area (Å²) in [6.07, 6.45) is 2.83. The van der Waals surface area contributed by atoms with E-state index in [1.807, 2.05) is 18.3 Å². The van der Waals surface area contributed by atoms with Crippen LogP contribution in [0.1, 0.15) is 6.42 Å². The minimum absolute atomic E-state index is 0.131. The molecule has 0 aliphatic carbocycles. The number of nitrogens with one attached hydrogen (secondary N) is 1. The van der Waals surface area contributed by atoms with Gasteiger partial charge in [0.1, 0.15) is 5.82 Å². The smallest absolute Gasteiger partial charge is 0.237 e. The normalized spacial score (nSPS) is 27.7. The van der Waals surface area contributed by atoms with E-state index < -0.39 is 0 Å². The Kier molecular flexibility index (Phi) is 3.72. The lowest BCUT2D eigenvalue weighted by Crippen LogP contribution is -2.65. The van der Waals surface area contributed by atoms with Crippen molar-refractivity contribution in [2.75, 3.05) is 50.7 Å². The molecule has 1 unspecified atom stereocenters. The molecule has 6 heteroatoms. The lowest BCUT2D eigenvalue weighted by molar-refractivity contribution is -0.126. The second-order valence-corrected chi connectivity index (χ2v) is 6.41. The van der Waals surface area contributed by atoms with E-state index in [4.69, 9.17) is 0 Å². The Balaban J connectivity index is 1.26. The molecule has 3 aliphatic rings. The van der Waals surface area contributed by atoms with Crippen molar-refractivity contribution >= 4 is 11.7 Å². The van der Waals surface area contributed by atoms with Crippen molar-refractivity contribution in [2.24, 2.45) is 0 Å². The fraction of sp³-hybridized carbons (Fsp3) is 0.625. The van der Waals surface area contributed by atoms with E-state index in [9.17, 15) is 4.79 Å². The Labute approximate surface area is 131 Å². The maximum Gasteiger partial charge on any atom is 0.237 e. The molecule has 6 nitrogen and oxygen atoms in total. The molecule has 0 spiro atoms. The van der Waals surface area contributed by atoms with Gasteiger partial charge in [-0.3, -0.25) is 14.6 Å². The maximum absolute atomic E-state index is 11.7. The third-order valence-electron chi connectivity index (χ3n) is 5.15. The van der Waals surface area contributed by atoms with Gasteiger partial charge in [-0.2, -0.15) is 0 Å². The molecule has 1 aromatic heterocycles. The highest BCUT2D eigenvalue weighted by Gasteiger charge is 2.40. The minimum atomic E-state index is 0.131. The van der Waals surface area contributed by atoms with E-state index in [1.165, 1.54) is 0 Å². The van der Waals surface area contributed by atoms with Crippen LogP contribution in [0.25, 0.3) is 0 Å². The first kappa shape index (κ1) is 14.0. The Morgan fingerprint density at radius 1 is 1.09 bits per heavy atom. The summed E-state index contributed by atoms with van der Waals surface area (Å²) < 4.78 is 0. The maximum atomic E-state index is 11.7. The van der Waals surface area contributed by atoms with E-state index in [0.717, 1.165) is 58.1 Å². The van der Waals surface area contributed by atoms with Crippen molar-refractivity contribution in [3.63, 3.8) is 0 Å². The summed E-state index contributed by atoms with van der Waals surface area (Å²) >= 11 is 0. The van der Waals surface area contributed by atoms with Crippen LogP contribution < -0.4 is 10.2 Å². The quantitative estimate of drug-likeness (QED) is 0.836. The van der Waals surface area contributed by atoms with Crippen LogP contribution in [-0.4, -0.2) is 78.6 Å². The summed E-state index contributed by atoms with van der Waals surface area (Å²) in [5.41, 5.74) is 0. The van der Waals surface area contributed by atoms with Gasteiger partial charge in [0.05, 0.1) is 6.04 Å². The van der Waals surface area contributed by atoms with Gasteiger partial charge in [-0.25, -0.2) is 4.98 Å². The van der Waals surface area contributed by atoms with Crippen molar-refractivity contribution in [3.8, 4) is 0 Å². The Bertz CT molecular complexity index is 523. The largest absolute Gasteiger partial charge is 0.355 e. The zero-order valence-corrected chi connectivity index (χ0v) is 12.8. The predicted octanol–water partition coefficient (Wildman–Crippen LogP) is -0.224. The third kappa shape index (κ3) is 2.57. The van der Waals surface area contributed by atoms with Gasteiger partial charge in [0.2, 0.25) is 5.91 Å². The van der Waals surface area contributed by atoms with E-state index in [1.54, 1.807) is 0 Å². The molecule has 4 heterocycles. The molecule has 1 amide bonds. The Morgan fingerprint density at radius 2 is 1.91 bits per heavy atom. The van der Waals surface area contributed by atoms with Crippen LogP contribution in [0.15, 0.2) is 24.4 Å². The highest BCUT2D eigenvalue weighted by atomic mass is 16.2. The van der Waals surface area contributed by atoms with E-state index in [2.05, 4.69) is 31.1 Å². The van der Waals surface area contributed by atoms with Crippen molar-refractivity contribution in [1.29, 1.82) is 0 Å². The van der Waals surface area contributed by atoms with Crippen LogP contribution in [0, 0.1) is 0 Å². The fourth-order valence-electron chi connectivity index (χ4n) is 3.76. The number of rotatable bonds is 3. The number of piperazine rings is 1. The monoisotopic (exact) mass is 301 g/mol. The van der Waals surface area contributed by atoms with E-state index >= 15 is 0 Å². The van der Waals surface area contributed by atoms with Gasteiger partial charge in [0.15, 0.2) is 0 Å². The third-order valence-corrected chi connectivity index (χ3v) is 5.15. The Hall–Kier alpha value is -1.66. The highest BCUT2D eigenvalue weighted by Crippen LogP contribution is 2.23. The topological polar surface area (TPSA) is 51.7 Å². The lowest BCUT2D eigenvalue weighted by atomic mass is 10.0. The van der Waals surface area contributed by atoms with Gasteiger partial charge in [-0.1, -0.05) is 6.07 Å². The molecule has 118 valence electrons. The SMILES string of the molecule is O=C1NCCC1N1CC(N2CCN(c3ccccn3)CC2)C1. The second kappa shape index (κ2) is 5.85. The molecule has 3 saturated heterocycles. The average Bonchev–Trinajstić information content (AvgIpc) is 2.94. The molecule has 22 heavy (non-hydrogen) atoms. The van der Waals surface area contributed by atoms with Crippen LogP contribution in [0.5, 0.6) is 0 Å². The Morgan fingerprint density at radius 3 is 2.55 bits per heavy atom. The van der Waals surface area contributed by atoms with Gasteiger partial charge in [-0.05, 0) is 18.6 Å². The van der Waals surface area contributed by atoms with Crippen molar-refractivity contribution in [1.82, 2.24) is 20.1 Å². The van der Waals surface area contributed by atoms with Crippen LogP contribution in [0.2, 0.25) is 0 Å². The van der Waals surface area contributed by atoms with Gasteiger partial charge in [0, 0.05) is 58.1 Å². The molecule has 1 aromatic rings. The first-order chi connectivity index (χ1) is 10.8.